The van der Waals surface area contributed by atoms with E-state index in [1.165, 1.54) is 13.2 Å². The maximum Gasteiger partial charge on any atom is 0.305 e. The Morgan fingerprint density at radius 3 is 2.92 bits per heavy atom. The maximum absolute atomic E-state index is 13.4. The number of H-pyrrole nitrogens is 1. The standard InChI is InChI=1S/C19H27FN4O2/c1-3-21-19(22-10-5-4-6-18(25)26-2)23-11-9-14-13-24-17-8-7-15(20)12-16(14)17/h7-8,12-13,24H,3-6,9-11H2,1-2H3,(H2,21,22,23). The second-order valence-electron chi connectivity index (χ2n) is 5.97. The number of nitrogens with zero attached hydrogens (tertiary/aromatic N) is 1. The fourth-order valence-corrected chi connectivity index (χ4v) is 2.69. The SMILES string of the molecule is CCNC(=NCCCCC(=O)OC)NCCc1c[nH]c2ccc(F)cc12. The molecule has 0 aliphatic rings. The first-order valence-corrected chi connectivity index (χ1v) is 8.98. The number of benzene rings is 1. The first-order valence-electron chi connectivity index (χ1n) is 8.98. The number of hydrogen-bond donors (Lipinski definition) is 3. The van der Waals surface area contributed by atoms with E-state index in [4.69, 9.17) is 0 Å². The molecule has 7 heteroatoms. The van der Waals surface area contributed by atoms with Crippen LogP contribution in [0.2, 0.25) is 0 Å². The van der Waals surface area contributed by atoms with Crippen molar-refractivity contribution in [1.82, 2.24) is 15.6 Å². The van der Waals surface area contributed by atoms with E-state index in [0.29, 0.717) is 19.5 Å². The van der Waals surface area contributed by atoms with Crippen molar-refractivity contribution >= 4 is 22.8 Å². The van der Waals surface area contributed by atoms with Gasteiger partial charge in [-0.15, -0.1) is 0 Å². The van der Waals surface area contributed by atoms with Crippen LogP contribution in [0.4, 0.5) is 4.39 Å². The average molecular weight is 362 g/mol. The van der Waals surface area contributed by atoms with E-state index < -0.39 is 0 Å². The maximum atomic E-state index is 13.4. The monoisotopic (exact) mass is 362 g/mol. The van der Waals surface area contributed by atoms with Crippen LogP contribution in [0.15, 0.2) is 29.4 Å². The molecule has 0 aliphatic carbocycles. The number of ether oxygens (including phenoxy) is 1. The lowest BCUT2D eigenvalue weighted by molar-refractivity contribution is -0.140. The molecule has 0 bridgehead atoms. The van der Waals surface area contributed by atoms with E-state index in [2.05, 4.69) is 25.3 Å². The number of nitrogens with one attached hydrogen (secondary N) is 3. The molecule has 0 amide bonds. The first kappa shape index (κ1) is 19.8. The summed E-state index contributed by atoms with van der Waals surface area (Å²) in [5.41, 5.74) is 2.01. The van der Waals surface area contributed by atoms with Crippen molar-refractivity contribution in [3.05, 3.63) is 35.8 Å². The quantitative estimate of drug-likeness (QED) is 0.277. The van der Waals surface area contributed by atoms with Gasteiger partial charge in [0.05, 0.1) is 7.11 Å². The smallest absolute Gasteiger partial charge is 0.305 e. The molecule has 1 aromatic carbocycles. The van der Waals surface area contributed by atoms with Gasteiger partial charge in [0.2, 0.25) is 0 Å². The molecule has 0 fully saturated rings. The number of methoxy groups -OCH3 is 1. The van der Waals surface area contributed by atoms with Gasteiger partial charge in [-0.05, 0) is 49.9 Å². The molecule has 0 aliphatic heterocycles. The minimum atomic E-state index is -0.229. The highest BCUT2D eigenvalue weighted by atomic mass is 19.1. The van der Waals surface area contributed by atoms with E-state index in [0.717, 1.165) is 48.2 Å². The Morgan fingerprint density at radius 1 is 1.31 bits per heavy atom. The van der Waals surface area contributed by atoms with Crippen molar-refractivity contribution in [3.8, 4) is 0 Å². The van der Waals surface area contributed by atoms with Crippen LogP contribution in [0.25, 0.3) is 10.9 Å². The number of rotatable bonds is 9. The number of aromatic nitrogens is 1. The molecule has 3 N–H and O–H groups in total. The van der Waals surface area contributed by atoms with Gasteiger partial charge < -0.3 is 20.4 Å². The van der Waals surface area contributed by atoms with Crippen LogP contribution in [-0.2, 0) is 16.0 Å². The van der Waals surface area contributed by atoms with Gasteiger partial charge in [-0.1, -0.05) is 0 Å². The normalized spacial score (nSPS) is 11.6. The highest BCUT2D eigenvalue weighted by Gasteiger charge is 2.05. The number of aliphatic imine (C=N–C) groups is 1. The Bertz CT molecular complexity index is 742. The van der Waals surface area contributed by atoms with Gasteiger partial charge in [0.25, 0.3) is 0 Å². The zero-order valence-corrected chi connectivity index (χ0v) is 15.4. The molecule has 1 heterocycles. The summed E-state index contributed by atoms with van der Waals surface area (Å²) < 4.78 is 18.0. The zero-order valence-electron chi connectivity index (χ0n) is 15.4. The summed E-state index contributed by atoms with van der Waals surface area (Å²) in [6.07, 6.45) is 4.69. The summed E-state index contributed by atoms with van der Waals surface area (Å²) in [6, 6.07) is 4.76. The van der Waals surface area contributed by atoms with Crippen molar-refractivity contribution < 1.29 is 13.9 Å². The van der Waals surface area contributed by atoms with Crippen molar-refractivity contribution in [2.24, 2.45) is 4.99 Å². The Kier molecular flexibility index (Phi) is 7.92. The predicted molar refractivity (Wildman–Crippen MR) is 102 cm³/mol. The Labute approximate surface area is 153 Å². The average Bonchev–Trinajstić information content (AvgIpc) is 3.03. The molecule has 0 atom stereocenters. The van der Waals surface area contributed by atoms with Gasteiger partial charge in [0, 0.05) is 43.2 Å². The van der Waals surface area contributed by atoms with Gasteiger partial charge in [0.1, 0.15) is 5.82 Å². The third-order valence-electron chi connectivity index (χ3n) is 4.05. The number of halogens is 1. The number of carbonyl (C=O) groups is 1. The van der Waals surface area contributed by atoms with Gasteiger partial charge in [-0.2, -0.15) is 0 Å². The second kappa shape index (κ2) is 10.4. The van der Waals surface area contributed by atoms with Crippen LogP contribution in [-0.4, -0.2) is 43.7 Å². The molecule has 0 spiro atoms. The molecule has 6 nitrogen and oxygen atoms in total. The fraction of sp³-hybridized carbons (Fsp3) is 0.474. The minimum Gasteiger partial charge on any atom is -0.469 e. The van der Waals surface area contributed by atoms with Crippen LogP contribution in [0.3, 0.4) is 0 Å². The number of aromatic amines is 1. The number of fused-ring (bicyclic) bond motifs is 1. The topological polar surface area (TPSA) is 78.5 Å². The summed E-state index contributed by atoms with van der Waals surface area (Å²) >= 11 is 0. The summed E-state index contributed by atoms with van der Waals surface area (Å²) in [7, 11) is 1.40. The van der Waals surface area contributed by atoms with E-state index in [1.807, 2.05) is 13.1 Å². The Hall–Kier alpha value is -2.57. The molecule has 1 aromatic heterocycles. The van der Waals surface area contributed by atoms with E-state index in [-0.39, 0.29) is 11.8 Å². The van der Waals surface area contributed by atoms with Crippen LogP contribution < -0.4 is 10.6 Å². The van der Waals surface area contributed by atoms with E-state index >= 15 is 0 Å². The first-order chi connectivity index (χ1) is 12.6. The Balaban J connectivity index is 1.80. The fourth-order valence-electron chi connectivity index (χ4n) is 2.69. The molecule has 0 saturated heterocycles. The number of esters is 1. The lowest BCUT2D eigenvalue weighted by atomic mass is 10.1. The third-order valence-corrected chi connectivity index (χ3v) is 4.05. The van der Waals surface area contributed by atoms with Crippen LogP contribution in [0.5, 0.6) is 0 Å². The van der Waals surface area contributed by atoms with Crippen LogP contribution in [0, 0.1) is 5.82 Å². The molecule has 0 unspecified atom stereocenters. The van der Waals surface area contributed by atoms with Crippen molar-refractivity contribution in [2.75, 3.05) is 26.7 Å². The molecule has 2 rings (SSSR count). The molecule has 26 heavy (non-hydrogen) atoms. The molecule has 0 radical (unpaired) electrons. The number of unbranched alkanes of at least 4 members (excludes halogenated alkanes) is 1. The molecule has 0 saturated carbocycles. The molecule has 2 aromatic rings. The van der Waals surface area contributed by atoms with Crippen molar-refractivity contribution in [3.63, 3.8) is 0 Å². The Morgan fingerprint density at radius 2 is 2.15 bits per heavy atom. The largest absolute Gasteiger partial charge is 0.469 e. The third kappa shape index (κ3) is 6.06. The zero-order chi connectivity index (χ0) is 18.8. The van der Waals surface area contributed by atoms with E-state index in [9.17, 15) is 9.18 Å². The minimum absolute atomic E-state index is 0.186. The van der Waals surface area contributed by atoms with Gasteiger partial charge in [0.15, 0.2) is 5.96 Å². The van der Waals surface area contributed by atoms with Gasteiger partial charge in [-0.25, -0.2) is 4.39 Å². The number of carbonyl (C=O) groups excluding carboxylic acids is 1. The summed E-state index contributed by atoms with van der Waals surface area (Å²) in [5.74, 6) is 0.332. The lowest BCUT2D eigenvalue weighted by Gasteiger charge is -2.11. The predicted octanol–water partition coefficient (Wildman–Crippen LogP) is 2.75. The van der Waals surface area contributed by atoms with Crippen molar-refractivity contribution in [1.29, 1.82) is 0 Å². The summed E-state index contributed by atoms with van der Waals surface area (Å²) in [5, 5.41) is 7.40. The number of guanidine groups is 1. The van der Waals surface area contributed by atoms with Crippen LogP contribution in [0.1, 0.15) is 31.7 Å². The van der Waals surface area contributed by atoms with Gasteiger partial charge in [-0.3, -0.25) is 9.79 Å². The summed E-state index contributed by atoms with van der Waals surface area (Å²) in [6.45, 7) is 4.12. The van der Waals surface area contributed by atoms with Crippen LogP contribution >= 0.6 is 0 Å². The highest BCUT2D eigenvalue weighted by Crippen LogP contribution is 2.19. The molecular formula is C19H27FN4O2. The number of hydrogen-bond acceptors (Lipinski definition) is 3. The lowest BCUT2D eigenvalue weighted by Crippen LogP contribution is -2.38. The highest BCUT2D eigenvalue weighted by molar-refractivity contribution is 5.83. The van der Waals surface area contributed by atoms with Gasteiger partial charge >= 0.3 is 5.97 Å². The molecule has 142 valence electrons. The summed E-state index contributed by atoms with van der Waals surface area (Å²) in [4.78, 5) is 18.7. The second-order valence-corrected chi connectivity index (χ2v) is 5.97. The molecular weight excluding hydrogens is 335 g/mol. The van der Waals surface area contributed by atoms with E-state index in [1.54, 1.807) is 12.1 Å². The van der Waals surface area contributed by atoms with Crippen molar-refractivity contribution in [2.45, 2.75) is 32.6 Å².